The second kappa shape index (κ2) is 2.19. The average Bonchev–Trinajstić information content (AvgIpc) is 2.08. The molecule has 4 heteroatoms. The van der Waals surface area contributed by atoms with Gasteiger partial charge in [-0.25, -0.2) is 0 Å². The van der Waals surface area contributed by atoms with Crippen molar-refractivity contribution in [1.29, 1.82) is 0 Å². The van der Waals surface area contributed by atoms with E-state index in [1.807, 2.05) is 0 Å². The lowest BCUT2D eigenvalue weighted by atomic mass is 10.3. The Balaban J connectivity index is 2.63. The summed E-state index contributed by atoms with van der Waals surface area (Å²) >= 11 is 10.3. The van der Waals surface area contributed by atoms with Gasteiger partial charge >= 0.3 is 0 Å². The van der Waals surface area contributed by atoms with Crippen LogP contribution >= 0.6 is 47.8 Å². The Kier molecular flexibility index (Phi) is 2.07. The number of halogens is 3. The highest BCUT2D eigenvalue weighted by Crippen LogP contribution is 2.66. The average molecular weight is 323 g/mol. The first-order valence-electron chi connectivity index (χ1n) is 2.65. The molecular formula is C5H7Br3O. The smallest absolute Gasteiger partial charge is 0.0998 e. The van der Waals surface area contributed by atoms with Crippen LogP contribution in [0.4, 0.5) is 0 Å². The van der Waals surface area contributed by atoms with Gasteiger partial charge in [-0.3, -0.25) is 0 Å². The summed E-state index contributed by atoms with van der Waals surface area (Å²) < 4.78 is -0.235. The molecule has 0 aromatic carbocycles. The number of hydrogen-bond donors (Lipinski definition) is 1. The van der Waals surface area contributed by atoms with Gasteiger partial charge in [0.1, 0.15) is 0 Å². The standard InChI is InChI=1S/C5H7Br3O/c1-3(9)4(6)2-5(4,7)8/h3,9H,2H2,1H3. The summed E-state index contributed by atoms with van der Waals surface area (Å²) in [5.74, 6) is 0. The van der Waals surface area contributed by atoms with Crippen molar-refractivity contribution in [2.75, 3.05) is 0 Å². The first-order chi connectivity index (χ1) is 3.90. The quantitative estimate of drug-likeness (QED) is 0.735. The summed E-state index contributed by atoms with van der Waals surface area (Å²) in [6, 6.07) is 0. The summed E-state index contributed by atoms with van der Waals surface area (Å²) in [5.41, 5.74) is 0. The molecule has 1 nitrogen and oxygen atoms in total. The molecule has 0 heterocycles. The Morgan fingerprint density at radius 3 is 1.78 bits per heavy atom. The van der Waals surface area contributed by atoms with Crippen LogP contribution in [0.25, 0.3) is 0 Å². The second-order valence-electron chi connectivity index (χ2n) is 2.42. The maximum Gasteiger partial charge on any atom is 0.0998 e. The van der Waals surface area contributed by atoms with Crippen LogP contribution in [0.1, 0.15) is 13.3 Å². The molecule has 1 saturated carbocycles. The molecule has 0 bridgehead atoms. The fourth-order valence-electron chi connectivity index (χ4n) is 0.732. The van der Waals surface area contributed by atoms with Crippen LogP contribution in [0.15, 0.2) is 0 Å². The van der Waals surface area contributed by atoms with Crippen molar-refractivity contribution in [1.82, 2.24) is 0 Å². The molecule has 1 fully saturated rings. The Morgan fingerprint density at radius 2 is 1.78 bits per heavy atom. The molecule has 0 saturated heterocycles. The van der Waals surface area contributed by atoms with Crippen LogP contribution in [0, 0.1) is 0 Å². The number of aliphatic hydroxyl groups is 1. The molecule has 0 radical (unpaired) electrons. The van der Waals surface area contributed by atoms with Gasteiger partial charge in [0.05, 0.1) is 13.7 Å². The van der Waals surface area contributed by atoms with Crippen molar-refractivity contribution in [2.45, 2.75) is 27.0 Å². The lowest BCUT2D eigenvalue weighted by Gasteiger charge is -2.12. The lowest BCUT2D eigenvalue weighted by Crippen LogP contribution is -2.23. The summed E-state index contributed by atoms with van der Waals surface area (Å²) in [6.07, 6.45) is 0.591. The van der Waals surface area contributed by atoms with E-state index in [0.29, 0.717) is 0 Å². The molecule has 0 spiro atoms. The van der Waals surface area contributed by atoms with Gasteiger partial charge in [0.25, 0.3) is 0 Å². The normalized spacial score (nSPS) is 42.3. The molecule has 0 amide bonds. The van der Waals surface area contributed by atoms with E-state index >= 15 is 0 Å². The number of aliphatic hydroxyl groups excluding tert-OH is 1. The third kappa shape index (κ3) is 1.24. The van der Waals surface area contributed by atoms with E-state index in [1.165, 1.54) is 0 Å². The monoisotopic (exact) mass is 320 g/mol. The molecule has 54 valence electrons. The molecular weight excluding hydrogens is 316 g/mol. The number of hydrogen-bond acceptors (Lipinski definition) is 1. The van der Waals surface area contributed by atoms with E-state index < -0.39 is 0 Å². The van der Waals surface area contributed by atoms with Crippen molar-refractivity contribution in [2.24, 2.45) is 0 Å². The van der Waals surface area contributed by atoms with Crippen LogP contribution < -0.4 is 0 Å². The van der Waals surface area contributed by atoms with Crippen LogP contribution in [0.2, 0.25) is 0 Å². The molecule has 1 aliphatic carbocycles. The minimum atomic E-state index is -0.323. The maximum absolute atomic E-state index is 9.18. The Morgan fingerprint density at radius 1 is 1.44 bits per heavy atom. The highest BCUT2D eigenvalue weighted by atomic mass is 79.9. The maximum atomic E-state index is 9.18. The van der Waals surface area contributed by atoms with E-state index in [9.17, 15) is 5.11 Å². The van der Waals surface area contributed by atoms with Crippen LogP contribution in [-0.4, -0.2) is 18.8 Å². The zero-order valence-corrected chi connectivity index (χ0v) is 9.62. The summed E-state index contributed by atoms with van der Waals surface area (Å²) in [7, 11) is 0. The lowest BCUT2D eigenvalue weighted by molar-refractivity contribution is 0.186. The van der Waals surface area contributed by atoms with Crippen molar-refractivity contribution in [3.63, 3.8) is 0 Å². The topological polar surface area (TPSA) is 20.2 Å². The van der Waals surface area contributed by atoms with Gasteiger partial charge in [-0.05, 0) is 13.3 Å². The SMILES string of the molecule is CC(O)C1(Br)CC1(Br)Br. The third-order valence-electron chi connectivity index (χ3n) is 1.62. The summed E-state index contributed by atoms with van der Waals surface area (Å²) in [4.78, 5) is 0. The minimum Gasteiger partial charge on any atom is -0.392 e. The first-order valence-corrected chi connectivity index (χ1v) is 5.03. The number of alkyl halides is 3. The van der Waals surface area contributed by atoms with Crippen LogP contribution in [0.3, 0.4) is 0 Å². The Hall–Kier alpha value is 1.40. The van der Waals surface area contributed by atoms with Crippen molar-refractivity contribution in [3.05, 3.63) is 0 Å². The van der Waals surface area contributed by atoms with Gasteiger partial charge in [-0.15, -0.1) is 0 Å². The van der Waals surface area contributed by atoms with Crippen LogP contribution in [0.5, 0.6) is 0 Å². The Labute approximate surface area is 79.6 Å². The van der Waals surface area contributed by atoms with E-state index in [0.717, 1.165) is 6.42 Å². The molecule has 2 atom stereocenters. The van der Waals surface area contributed by atoms with Crippen molar-refractivity contribution in [3.8, 4) is 0 Å². The van der Waals surface area contributed by atoms with Gasteiger partial charge < -0.3 is 5.11 Å². The van der Waals surface area contributed by atoms with E-state index in [1.54, 1.807) is 6.92 Å². The zero-order valence-electron chi connectivity index (χ0n) is 4.87. The zero-order chi connectivity index (χ0) is 7.28. The summed E-state index contributed by atoms with van der Waals surface area (Å²) in [6.45, 7) is 1.78. The predicted octanol–water partition coefficient (Wildman–Crippen LogP) is 2.39. The third-order valence-corrected chi connectivity index (χ3v) is 6.28. The highest BCUT2D eigenvalue weighted by Gasteiger charge is 2.66. The van der Waals surface area contributed by atoms with Crippen LogP contribution in [-0.2, 0) is 0 Å². The molecule has 1 rings (SSSR count). The molecule has 9 heavy (non-hydrogen) atoms. The fraction of sp³-hybridized carbons (Fsp3) is 1.00. The van der Waals surface area contributed by atoms with Gasteiger partial charge in [0.15, 0.2) is 0 Å². The van der Waals surface area contributed by atoms with Gasteiger partial charge in [-0.1, -0.05) is 47.8 Å². The Bertz CT molecular complexity index is 134. The molecule has 0 aromatic rings. The van der Waals surface area contributed by atoms with Gasteiger partial charge in [0, 0.05) is 0 Å². The minimum absolute atomic E-state index is 0.0822. The predicted molar refractivity (Wildman–Crippen MR) is 48.5 cm³/mol. The largest absolute Gasteiger partial charge is 0.392 e. The fourth-order valence-corrected chi connectivity index (χ4v) is 3.45. The summed E-state index contributed by atoms with van der Waals surface area (Å²) in [5, 5.41) is 9.18. The number of rotatable bonds is 1. The van der Waals surface area contributed by atoms with Gasteiger partial charge in [-0.2, -0.15) is 0 Å². The first kappa shape index (κ1) is 8.50. The van der Waals surface area contributed by atoms with Crippen molar-refractivity contribution < 1.29 is 5.11 Å². The molecule has 0 aromatic heterocycles. The van der Waals surface area contributed by atoms with Gasteiger partial charge in [0.2, 0.25) is 0 Å². The molecule has 1 N–H and O–H groups in total. The van der Waals surface area contributed by atoms with E-state index in [4.69, 9.17) is 0 Å². The second-order valence-corrected chi connectivity index (χ2v) is 7.61. The molecule has 0 aliphatic heterocycles. The van der Waals surface area contributed by atoms with Crippen molar-refractivity contribution >= 4 is 47.8 Å². The molecule has 1 aliphatic rings. The molecule has 2 unspecified atom stereocenters. The van der Waals surface area contributed by atoms with E-state index in [2.05, 4.69) is 47.8 Å². The highest BCUT2D eigenvalue weighted by molar-refractivity contribution is 9.26. The van der Waals surface area contributed by atoms with E-state index in [-0.39, 0.29) is 13.7 Å².